The summed E-state index contributed by atoms with van der Waals surface area (Å²) in [4.78, 5) is 14.4. The summed E-state index contributed by atoms with van der Waals surface area (Å²) in [5.74, 6) is -0.143. The summed E-state index contributed by atoms with van der Waals surface area (Å²) in [6, 6.07) is 0.457. The molecular weight excluding hydrogens is 256 g/mol. The molecule has 118 valence electrons. The van der Waals surface area contributed by atoms with Crippen LogP contribution in [-0.4, -0.2) is 61.4 Å². The monoisotopic (exact) mass is 286 g/mol. The standard InChI is InChI=1S/C15H30N2O3/c1-6-19-15(18)14(16-11(2)3)7-8-17-9-13(5)20-10-12(17)4/h11-14,16H,6-10H2,1-5H3. The molecule has 0 amide bonds. The van der Waals surface area contributed by atoms with Crippen LogP contribution >= 0.6 is 0 Å². The normalized spacial score (nSPS) is 25.7. The van der Waals surface area contributed by atoms with E-state index >= 15 is 0 Å². The van der Waals surface area contributed by atoms with E-state index in [-0.39, 0.29) is 24.2 Å². The molecule has 3 unspecified atom stereocenters. The van der Waals surface area contributed by atoms with Crippen molar-refractivity contribution in [3.8, 4) is 0 Å². The molecule has 5 heteroatoms. The van der Waals surface area contributed by atoms with Crippen molar-refractivity contribution >= 4 is 5.97 Å². The van der Waals surface area contributed by atoms with Crippen LogP contribution in [0.4, 0.5) is 0 Å². The highest BCUT2D eigenvalue weighted by atomic mass is 16.5. The molecule has 20 heavy (non-hydrogen) atoms. The quantitative estimate of drug-likeness (QED) is 0.717. The third-order valence-electron chi connectivity index (χ3n) is 3.55. The van der Waals surface area contributed by atoms with Crippen molar-refractivity contribution in [1.29, 1.82) is 0 Å². The Morgan fingerprint density at radius 3 is 2.75 bits per heavy atom. The molecule has 1 fully saturated rings. The number of esters is 1. The number of hydrogen-bond acceptors (Lipinski definition) is 5. The smallest absolute Gasteiger partial charge is 0.323 e. The van der Waals surface area contributed by atoms with Crippen LogP contribution in [0, 0.1) is 0 Å². The van der Waals surface area contributed by atoms with E-state index in [2.05, 4.69) is 24.1 Å². The highest BCUT2D eigenvalue weighted by Crippen LogP contribution is 2.12. The molecule has 1 N–H and O–H groups in total. The van der Waals surface area contributed by atoms with Gasteiger partial charge >= 0.3 is 5.97 Å². The molecule has 1 rings (SSSR count). The highest BCUT2D eigenvalue weighted by Gasteiger charge is 2.26. The van der Waals surface area contributed by atoms with Gasteiger partial charge < -0.3 is 14.8 Å². The molecule has 1 aliphatic heterocycles. The summed E-state index contributed by atoms with van der Waals surface area (Å²) in [5.41, 5.74) is 0. The Labute approximate surface area is 123 Å². The lowest BCUT2D eigenvalue weighted by Gasteiger charge is -2.37. The third kappa shape index (κ3) is 5.77. The second-order valence-corrected chi connectivity index (χ2v) is 5.90. The fourth-order valence-electron chi connectivity index (χ4n) is 2.49. The van der Waals surface area contributed by atoms with E-state index in [1.807, 2.05) is 20.8 Å². The van der Waals surface area contributed by atoms with Crippen LogP contribution in [0.1, 0.15) is 41.0 Å². The maximum Gasteiger partial charge on any atom is 0.323 e. The number of carbonyl (C=O) groups is 1. The lowest BCUT2D eigenvalue weighted by molar-refractivity contribution is -0.146. The number of hydrogen-bond donors (Lipinski definition) is 1. The molecule has 0 aliphatic carbocycles. The van der Waals surface area contributed by atoms with Gasteiger partial charge in [0.05, 0.1) is 19.3 Å². The molecule has 0 aromatic heterocycles. The zero-order chi connectivity index (χ0) is 15.1. The summed E-state index contributed by atoms with van der Waals surface area (Å²) in [6.07, 6.45) is 1.04. The summed E-state index contributed by atoms with van der Waals surface area (Å²) < 4.78 is 10.8. The average Bonchev–Trinajstić information content (AvgIpc) is 2.38. The van der Waals surface area contributed by atoms with Crippen molar-refractivity contribution < 1.29 is 14.3 Å². The van der Waals surface area contributed by atoms with E-state index in [9.17, 15) is 4.79 Å². The molecular formula is C15H30N2O3. The van der Waals surface area contributed by atoms with Crippen LogP contribution in [0.3, 0.4) is 0 Å². The minimum Gasteiger partial charge on any atom is -0.465 e. The van der Waals surface area contributed by atoms with Gasteiger partial charge in [0.25, 0.3) is 0 Å². The first-order valence-electron chi connectivity index (χ1n) is 7.72. The molecule has 1 aliphatic rings. The van der Waals surface area contributed by atoms with E-state index < -0.39 is 0 Å². The number of rotatable bonds is 7. The van der Waals surface area contributed by atoms with Gasteiger partial charge in [0.1, 0.15) is 6.04 Å². The summed E-state index contributed by atoms with van der Waals surface area (Å²) in [7, 11) is 0. The number of morpholine rings is 1. The molecule has 0 saturated carbocycles. The SMILES string of the molecule is CCOC(=O)C(CCN1CC(C)OCC1C)NC(C)C. The molecule has 3 atom stereocenters. The largest absolute Gasteiger partial charge is 0.465 e. The number of nitrogens with one attached hydrogen (secondary N) is 1. The van der Waals surface area contributed by atoms with Gasteiger partial charge in [0.15, 0.2) is 0 Å². The molecule has 0 aromatic rings. The van der Waals surface area contributed by atoms with Crippen LogP contribution in [0.25, 0.3) is 0 Å². The summed E-state index contributed by atoms with van der Waals surface area (Å²) >= 11 is 0. The second-order valence-electron chi connectivity index (χ2n) is 5.90. The lowest BCUT2D eigenvalue weighted by atomic mass is 10.1. The van der Waals surface area contributed by atoms with Gasteiger partial charge in [-0.1, -0.05) is 13.8 Å². The van der Waals surface area contributed by atoms with E-state index in [0.29, 0.717) is 12.6 Å². The average molecular weight is 286 g/mol. The Morgan fingerprint density at radius 2 is 2.15 bits per heavy atom. The number of ether oxygens (including phenoxy) is 2. The fraction of sp³-hybridized carbons (Fsp3) is 0.933. The first-order valence-corrected chi connectivity index (χ1v) is 7.72. The molecule has 0 radical (unpaired) electrons. The van der Waals surface area contributed by atoms with Crippen molar-refractivity contribution in [2.75, 3.05) is 26.3 Å². The van der Waals surface area contributed by atoms with Gasteiger partial charge in [0.2, 0.25) is 0 Å². The molecule has 1 heterocycles. The van der Waals surface area contributed by atoms with Gasteiger partial charge in [-0.3, -0.25) is 9.69 Å². The highest BCUT2D eigenvalue weighted by molar-refractivity contribution is 5.75. The van der Waals surface area contributed by atoms with E-state index in [1.54, 1.807) is 0 Å². The minimum absolute atomic E-state index is 0.143. The molecule has 0 bridgehead atoms. The predicted molar refractivity (Wildman–Crippen MR) is 79.8 cm³/mol. The van der Waals surface area contributed by atoms with Crippen LogP contribution in [0.2, 0.25) is 0 Å². The van der Waals surface area contributed by atoms with Gasteiger partial charge in [-0.15, -0.1) is 0 Å². The Bertz CT molecular complexity index is 297. The first-order chi connectivity index (χ1) is 9.43. The Hall–Kier alpha value is -0.650. The van der Waals surface area contributed by atoms with Crippen molar-refractivity contribution in [3.05, 3.63) is 0 Å². The maximum atomic E-state index is 12.0. The number of nitrogens with zero attached hydrogens (tertiary/aromatic N) is 1. The van der Waals surface area contributed by atoms with Crippen molar-refractivity contribution in [1.82, 2.24) is 10.2 Å². The van der Waals surface area contributed by atoms with Crippen LogP contribution in [-0.2, 0) is 14.3 Å². The van der Waals surface area contributed by atoms with Crippen LogP contribution in [0.5, 0.6) is 0 Å². The second kappa shape index (κ2) is 8.60. The van der Waals surface area contributed by atoms with E-state index in [0.717, 1.165) is 26.1 Å². The van der Waals surface area contributed by atoms with Gasteiger partial charge in [0, 0.05) is 25.2 Å². The topological polar surface area (TPSA) is 50.8 Å². The summed E-state index contributed by atoms with van der Waals surface area (Å²) in [5, 5.41) is 3.30. The van der Waals surface area contributed by atoms with Crippen molar-refractivity contribution in [3.63, 3.8) is 0 Å². The van der Waals surface area contributed by atoms with E-state index in [1.165, 1.54) is 0 Å². The first kappa shape index (κ1) is 17.4. The zero-order valence-electron chi connectivity index (χ0n) is 13.5. The van der Waals surface area contributed by atoms with Crippen molar-refractivity contribution in [2.45, 2.75) is 65.3 Å². The number of carbonyl (C=O) groups excluding carboxylic acids is 1. The van der Waals surface area contributed by atoms with Crippen LogP contribution in [0.15, 0.2) is 0 Å². The Balaban J connectivity index is 2.49. The zero-order valence-corrected chi connectivity index (χ0v) is 13.5. The van der Waals surface area contributed by atoms with Gasteiger partial charge in [-0.2, -0.15) is 0 Å². The van der Waals surface area contributed by atoms with Gasteiger partial charge in [-0.25, -0.2) is 0 Å². The Kier molecular flexibility index (Phi) is 7.48. The van der Waals surface area contributed by atoms with Crippen molar-refractivity contribution in [2.24, 2.45) is 0 Å². The Morgan fingerprint density at radius 1 is 1.45 bits per heavy atom. The van der Waals surface area contributed by atoms with E-state index in [4.69, 9.17) is 9.47 Å². The lowest BCUT2D eigenvalue weighted by Crippen LogP contribution is -2.50. The van der Waals surface area contributed by atoms with Crippen LogP contribution < -0.4 is 5.32 Å². The molecule has 5 nitrogen and oxygen atoms in total. The maximum absolute atomic E-state index is 12.0. The fourth-order valence-corrected chi connectivity index (χ4v) is 2.49. The third-order valence-corrected chi connectivity index (χ3v) is 3.55. The minimum atomic E-state index is -0.222. The molecule has 0 aromatic carbocycles. The summed E-state index contributed by atoms with van der Waals surface area (Å²) in [6.45, 7) is 13.2. The predicted octanol–water partition coefficient (Wildman–Crippen LogP) is 1.42. The van der Waals surface area contributed by atoms with Gasteiger partial charge in [-0.05, 0) is 27.2 Å². The molecule has 1 saturated heterocycles. The molecule has 0 spiro atoms.